The van der Waals surface area contributed by atoms with Crippen LogP contribution in [0.1, 0.15) is 11.1 Å². The predicted octanol–water partition coefficient (Wildman–Crippen LogP) is 11.0. The molecule has 0 heterocycles. The molecule has 0 radical (unpaired) electrons. The summed E-state index contributed by atoms with van der Waals surface area (Å²) >= 11 is 0. The van der Waals surface area contributed by atoms with Crippen molar-refractivity contribution in [3.05, 3.63) is 169 Å². The fourth-order valence-corrected chi connectivity index (χ4v) is 5.28. The molecule has 41 heavy (non-hydrogen) atoms. The average molecular weight is 532 g/mol. The number of nitrogens with zero attached hydrogens (tertiary/aromatic N) is 2. The number of hydrogen-bond donors (Lipinski definition) is 1. The molecule has 3 nitrogen and oxygen atoms in total. The van der Waals surface area contributed by atoms with Crippen molar-refractivity contribution >= 4 is 45.5 Å². The summed E-state index contributed by atoms with van der Waals surface area (Å²) in [6, 6.07) is 55.4. The smallest absolute Gasteiger partial charge is 0.0503 e. The summed E-state index contributed by atoms with van der Waals surface area (Å²) in [7, 11) is 0. The molecule has 0 aliphatic heterocycles. The first-order chi connectivity index (χ1) is 20.2. The van der Waals surface area contributed by atoms with Gasteiger partial charge in [-0.05, 0) is 91.7 Å². The number of benzene rings is 6. The molecule has 200 valence electrons. The minimum Gasteiger partial charge on any atom is -0.355 e. The first-order valence-corrected chi connectivity index (χ1v) is 14.0. The zero-order chi connectivity index (χ0) is 28.0. The van der Waals surface area contributed by atoms with Crippen LogP contribution in [0, 0.1) is 13.8 Å². The standard InChI is InChI=1S/C38H33N3/c1-29-16-15-17-30(2)38(29)39-31-26-36(40(32-18-7-3-8-19-32)33-20-9-4-10-21-33)28-37(27-31)41(34-22-11-5-12-23-34)35-24-13-6-14-25-35/h3-28,39H,1-2H3. The zero-order valence-electron chi connectivity index (χ0n) is 23.4. The Hall–Kier alpha value is -5.28. The highest BCUT2D eigenvalue weighted by Gasteiger charge is 2.19. The van der Waals surface area contributed by atoms with Crippen LogP contribution >= 0.6 is 0 Å². The van der Waals surface area contributed by atoms with Crippen molar-refractivity contribution in [1.82, 2.24) is 0 Å². The highest BCUT2D eigenvalue weighted by Crippen LogP contribution is 2.42. The van der Waals surface area contributed by atoms with E-state index in [0.29, 0.717) is 0 Å². The van der Waals surface area contributed by atoms with Crippen molar-refractivity contribution in [2.75, 3.05) is 15.1 Å². The monoisotopic (exact) mass is 531 g/mol. The third kappa shape index (κ3) is 5.70. The van der Waals surface area contributed by atoms with Crippen LogP contribution in [0.4, 0.5) is 45.5 Å². The van der Waals surface area contributed by atoms with Gasteiger partial charge in [0, 0.05) is 34.1 Å². The van der Waals surface area contributed by atoms with Gasteiger partial charge in [0.05, 0.1) is 11.4 Å². The molecule has 1 N–H and O–H groups in total. The Bertz CT molecular complexity index is 1520. The predicted molar refractivity (Wildman–Crippen MR) is 175 cm³/mol. The molecule has 6 aromatic carbocycles. The molecule has 0 saturated heterocycles. The highest BCUT2D eigenvalue weighted by molar-refractivity contribution is 5.86. The molecule has 0 aromatic heterocycles. The third-order valence-corrected chi connectivity index (χ3v) is 7.23. The van der Waals surface area contributed by atoms with E-state index < -0.39 is 0 Å². The van der Waals surface area contributed by atoms with Crippen LogP contribution in [0.3, 0.4) is 0 Å². The molecular weight excluding hydrogens is 498 g/mol. The van der Waals surface area contributed by atoms with Crippen LogP contribution < -0.4 is 15.1 Å². The van der Waals surface area contributed by atoms with Gasteiger partial charge in [0.25, 0.3) is 0 Å². The maximum Gasteiger partial charge on any atom is 0.0503 e. The lowest BCUT2D eigenvalue weighted by molar-refractivity contribution is 1.25. The largest absolute Gasteiger partial charge is 0.355 e. The van der Waals surface area contributed by atoms with Crippen molar-refractivity contribution in [2.45, 2.75) is 13.8 Å². The summed E-state index contributed by atoms with van der Waals surface area (Å²) in [6.45, 7) is 4.31. The average Bonchev–Trinajstić information content (AvgIpc) is 3.02. The van der Waals surface area contributed by atoms with E-state index in [9.17, 15) is 0 Å². The Balaban J connectivity index is 1.59. The van der Waals surface area contributed by atoms with Gasteiger partial charge in [0.2, 0.25) is 0 Å². The number of para-hydroxylation sites is 5. The van der Waals surface area contributed by atoms with Crippen LogP contribution in [0.25, 0.3) is 0 Å². The van der Waals surface area contributed by atoms with Crippen LogP contribution in [0.15, 0.2) is 158 Å². The van der Waals surface area contributed by atoms with E-state index in [1.807, 2.05) is 0 Å². The van der Waals surface area contributed by atoms with Gasteiger partial charge in [-0.2, -0.15) is 0 Å². The van der Waals surface area contributed by atoms with E-state index in [1.54, 1.807) is 0 Å². The number of nitrogens with one attached hydrogen (secondary N) is 1. The molecule has 0 aliphatic carbocycles. The SMILES string of the molecule is Cc1cccc(C)c1Nc1cc(N(c2ccccc2)c2ccccc2)cc(N(c2ccccc2)c2ccccc2)c1. The maximum absolute atomic E-state index is 3.78. The zero-order valence-corrected chi connectivity index (χ0v) is 23.4. The van der Waals surface area contributed by atoms with E-state index in [4.69, 9.17) is 0 Å². The second-order valence-electron chi connectivity index (χ2n) is 10.1. The normalized spacial score (nSPS) is 10.7. The number of rotatable bonds is 8. The van der Waals surface area contributed by atoms with Crippen LogP contribution in [-0.4, -0.2) is 0 Å². The van der Waals surface area contributed by atoms with Crippen LogP contribution in [0.5, 0.6) is 0 Å². The van der Waals surface area contributed by atoms with E-state index in [2.05, 4.69) is 187 Å². The summed E-state index contributed by atoms with van der Waals surface area (Å²) in [5.74, 6) is 0. The van der Waals surface area contributed by atoms with Gasteiger partial charge in [0.1, 0.15) is 0 Å². The number of anilines is 8. The lowest BCUT2D eigenvalue weighted by Crippen LogP contribution is -2.14. The fraction of sp³-hybridized carbons (Fsp3) is 0.0526. The third-order valence-electron chi connectivity index (χ3n) is 7.23. The minimum atomic E-state index is 1.02. The first-order valence-electron chi connectivity index (χ1n) is 14.0. The molecule has 0 saturated carbocycles. The van der Waals surface area contributed by atoms with Gasteiger partial charge in [0.15, 0.2) is 0 Å². The fourth-order valence-electron chi connectivity index (χ4n) is 5.28. The van der Waals surface area contributed by atoms with Gasteiger partial charge in [-0.3, -0.25) is 0 Å². The summed E-state index contributed by atoms with van der Waals surface area (Å²) in [5.41, 5.74) is 11.1. The molecule has 0 amide bonds. The minimum absolute atomic E-state index is 1.02. The number of aryl methyl sites for hydroxylation is 2. The van der Waals surface area contributed by atoms with Crippen molar-refractivity contribution in [1.29, 1.82) is 0 Å². The van der Waals surface area contributed by atoms with E-state index >= 15 is 0 Å². The quantitative estimate of drug-likeness (QED) is 0.211. The molecule has 0 atom stereocenters. The summed E-state index contributed by atoms with van der Waals surface area (Å²) in [6.07, 6.45) is 0. The Labute approximate surface area is 243 Å². The van der Waals surface area contributed by atoms with E-state index in [0.717, 1.165) is 45.5 Å². The summed E-state index contributed by atoms with van der Waals surface area (Å²) < 4.78 is 0. The van der Waals surface area contributed by atoms with E-state index in [-0.39, 0.29) is 0 Å². The van der Waals surface area contributed by atoms with Gasteiger partial charge in [-0.25, -0.2) is 0 Å². The van der Waals surface area contributed by atoms with Crippen molar-refractivity contribution in [2.24, 2.45) is 0 Å². The molecule has 0 aliphatic rings. The molecule has 0 spiro atoms. The van der Waals surface area contributed by atoms with Crippen LogP contribution in [-0.2, 0) is 0 Å². The summed E-state index contributed by atoms with van der Waals surface area (Å²) in [5, 5.41) is 3.78. The van der Waals surface area contributed by atoms with Gasteiger partial charge < -0.3 is 15.1 Å². The Kier molecular flexibility index (Phi) is 7.51. The Morgan fingerprint density at radius 1 is 0.366 bits per heavy atom. The maximum atomic E-state index is 3.78. The van der Waals surface area contributed by atoms with E-state index in [1.165, 1.54) is 11.1 Å². The molecule has 0 unspecified atom stereocenters. The van der Waals surface area contributed by atoms with Crippen molar-refractivity contribution < 1.29 is 0 Å². The van der Waals surface area contributed by atoms with Gasteiger partial charge in [-0.15, -0.1) is 0 Å². The second kappa shape index (κ2) is 11.8. The Morgan fingerprint density at radius 2 is 0.707 bits per heavy atom. The highest BCUT2D eigenvalue weighted by atomic mass is 15.2. The van der Waals surface area contributed by atoms with Crippen LogP contribution in [0.2, 0.25) is 0 Å². The molecule has 0 fully saturated rings. The molecular formula is C38H33N3. The first kappa shape index (κ1) is 26.0. The molecule has 0 bridgehead atoms. The lowest BCUT2D eigenvalue weighted by atomic mass is 10.1. The lowest BCUT2D eigenvalue weighted by Gasteiger charge is -2.30. The summed E-state index contributed by atoms with van der Waals surface area (Å²) in [4.78, 5) is 4.63. The number of hydrogen-bond acceptors (Lipinski definition) is 3. The molecule has 3 heteroatoms. The van der Waals surface area contributed by atoms with Crippen molar-refractivity contribution in [3.8, 4) is 0 Å². The topological polar surface area (TPSA) is 18.5 Å². The molecule has 6 aromatic rings. The molecule has 6 rings (SSSR count). The van der Waals surface area contributed by atoms with Crippen molar-refractivity contribution in [3.63, 3.8) is 0 Å². The van der Waals surface area contributed by atoms with Gasteiger partial charge >= 0.3 is 0 Å². The Morgan fingerprint density at radius 3 is 1.05 bits per heavy atom. The second-order valence-corrected chi connectivity index (χ2v) is 10.1. The van der Waals surface area contributed by atoms with Gasteiger partial charge in [-0.1, -0.05) is 91.0 Å².